The number of pyridine rings is 1. The van der Waals surface area contributed by atoms with Crippen LogP contribution >= 0.6 is 0 Å². The van der Waals surface area contributed by atoms with Gasteiger partial charge in [0.05, 0.1) is 5.69 Å². The van der Waals surface area contributed by atoms with E-state index in [1.165, 1.54) is 12.8 Å². The summed E-state index contributed by atoms with van der Waals surface area (Å²) in [7, 11) is 0. The molecule has 2 rings (SSSR count). The van der Waals surface area contributed by atoms with E-state index in [9.17, 15) is 0 Å². The van der Waals surface area contributed by atoms with E-state index < -0.39 is 0 Å². The van der Waals surface area contributed by atoms with E-state index >= 15 is 0 Å². The summed E-state index contributed by atoms with van der Waals surface area (Å²) >= 11 is 0. The first-order valence-electron chi connectivity index (χ1n) is 7.42. The van der Waals surface area contributed by atoms with Crippen LogP contribution in [0.2, 0.25) is 0 Å². The fourth-order valence-electron chi connectivity index (χ4n) is 3.10. The van der Waals surface area contributed by atoms with Crippen molar-refractivity contribution in [2.24, 2.45) is 23.5 Å². The van der Waals surface area contributed by atoms with Gasteiger partial charge < -0.3 is 10.5 Å². The van der Waals surface area contributed by atoms with Crippen molar-refractivity contribution in [3.8, 4) is 5.75 Å². The molecule has 0 aromatic carbocycles. The summed E-state index contributed by atoms with van der Waals surface area (Å²) in [5, 5.41) is 0. The Bertz CT molecular complexity index is 405. The van der Waals surface area contributed by atoms with Crippen LogP contribution in [-0.2, 0) is 6.54 Å². The number of nitrogens with zero attached hydrogens (tertiary/aromatic N) is 1. The largest absolute Gasteiger partial charge is 0.488 e. The highest BCUT2D eigenvalue weighted by Crippen LogP contribution is 2.36. The van der Waals surface area contributed by atoms with Crippen LogP contribution in [0.4, 0.5) is 0 Å². The van der Waals surface area contributed by atoms with Gasteiger partial charge in [0.2, 0.25) is 0 Å². The maximum Gasteiger partial charge on any atom is 0.142 e. The first-order chi connectivity index (χ1) is 9.11. The molecule has 1 fully saturated rings. The number of nitrogens with two attached hydrogens (primary N) is 1. The second kappa shape index (κ2) is 6.38. The lowest BCUT2D eigenvalue weighted by atomic mass is 9.75. The third-order valence-corrected chi connectivity index (χ3v) is 4.28. The summed E-state index contributed by atoms with van der Waals surface area (Å²) in [6, 6.07) is 3.91. The predicted octanol–water partition coefficient (Wildman–Crippen LogP) is 3.38. The summed E-state index contributed by atoms with van der Waals surface area (Å²) in [6.07, 6.45) is 5.81. The first-order valence-corrected chi connectivity index (χ1v) is 7.42. The van der Waals surface area contributed by atoms with Crippen LogP contribution in [0.3, 0.4) is 0 Å². The zero-order chi connectivity index (χ0) is 13.8. The first kappa shape index (κ1) is 14.3. The highest BCUT2D eigenvalue weighted by molar-refractivity contribution is 5.27. The van der Waals surface area contributed by atoms with E-state index in [4.69, 9.17) is 10.5 Å². The molecule has 1 heterocycles. The predicted molar refractivity (Wildman–Crippen MR) is 77.9 cm³/mol. The fraction of sp³-hybridized carbons (Fsp3) is 0.688. The maximum absolute atomic E-state index is 6.28. The quantitative estimate of drug-likeness (QED) is 0.905. The molecule has 0 aliphatic heterocycles. The molecule has 0 radical (unpaired) electrons. The van der Waals surface area contributed by atoms with Crippen LogP contribution in [0.1, 0.15) is 45.7 Å². The number of rotatable bonds is 4. The average Bonchev–Trinajstić information content (AvgIpc) is 2.39. The van der Waals surface area contributed by atoms with Gasteiger partial charge >= 0.3 is 0 Å². The van der Waals surface area contributed by atoms with Gasteiger partial charge in [-0.15, -0.1) is 0 Å². The van der Waals surface area contributed by atoms with Gasteiger partial charge in [0.25, 0.3) is 0 Å². The molecule has 106 valence electrons. The molecule has 1 aliphatic rings. The van der Waals surface area contributed by atoms with E-state index in [0.717, 1.165) is 23.8 Å². The van der Waals surface area contributed by atoms with Gasteiger partial charge in [-0.05, 0) is 42.7 Å². The van der Waals surface area contributed by atoms with E-state index in [-0.39, 0.29) is 0 Å². The molecule has 0 saturated heterocycles. The van der Waals surface area contributed by atoms with Crippen molar-refractivity contribution in [2.45, 2.75) is 52.7 Å². The third-order valence-electron chi connectivity index (χ3n) is 4.28. The molecule has 1 aliphatic carbocycles. The third kappa shape index (κ3) is 3.47. The number of ether oxygens (including phenoxy) is 1. The Kier molecular flexibility index (Phi) is 4.81. The fourth-order valence-corrected chi connectivity index (χ4v) is 3.10. The van der Waals surface area contributed by atoms with E-state index in [0.29, 0.717) is 24.5 Å². The summed E-state index contributed by atoms with van der Waals surface area (Å²) in [5.74, 6) is 2.92. The van der Waals surface area contributed by atoms with Crippen LogP contribution < -0.4 is 10.5 Å². The Balaban J connectivity index is 2.14. The Hall–Kier alpha value is -1.09. The summed E-state index contributed by atoms with van der Waals surface area (Å²) < 4.78 is 6.28. The lowest BCUT2D eigenvalue weighted by Crippen LogP contribution is -2.36. The maximum atomic E-state index is 6.28. The van der Waals surface area contributed by atoms with Gasteiger partial charge in [-0.25, -0.2) is 0 Å². The molecule has 1 saturated carbocycles. The Morgan fingerprint density at radius 1 is 1.42 bits per heavy atom. The summed E-state index contributed by atoms with van der Waals surface area (Å²) in [4.78, 5) is 4.30. The van der Waals surface area contributed by atoms with Crippen molar-refractivity contribution >= 4 is 0 Å². The highest BCUT2D eigenvalue weighted by atomic mass is 16.5. The van der Waals surface area contributed by atoms with Gasteiger partial charge in [-0.2, -0.15) is 0 Å². The number of aromatic nitrogens is 1. The van der Waals surface area contributed by atoms with Crippen LogP contribution in [0.5, 0.6) is 5.75 Å². The van der Waals surface area contributed by atoms with Crippen molar-refractivity contribution in [2.75, 3.05) is 0 Å². The zero-order valence-electron chi connectivity index (χ0n) is 12.3. The van der Waals surface area contributed by atoms with Gasteiger partial charge in [0, 0.05) is 12.7 Å². The smallest absolute Gasteiger partial charge is 0.142 e. The molecule has 1 aromatic heterocycles. The molecule has 3 nitrogen and oxygen atoms in total. The van der Waals surface area contributed by atoms with Crippen LogP contribution in [-0.4, -0.2) is 11.1 Å². The molecule has 3 heteroatoms. The van der Waals surface area contributed by atoms with Crippen molar-refractivity contribution in [3.63, 3.8) is 0 Å². The van der Waals surface area contributed by atoms with Crippen molar-refractivity contribution in [3.05, 3.63) is 24.0 Å². The normalized spacial score (nSPS) is 27.5. The monoisotopic (exact) mass is 262 g/mol. The van der Waals surface area contributed by atoms with Crippen molar-refractivity contribution < 1.29 is 4.74 Å². The average molecular weight is 262 g/mol. The highest BCUT2D eigenvalue weighted by Gasteiger charge is 2.32. The van der Waals surface area contributed by atoms with Crippen LogP contribution in [0.15, 0.2) is 18.3 Å². The molecular weight excluding hydrogens is 236 g/mol. The van der Waals surface area contributed by atoms with Crippen LogP contribution in [0, 0.1) is 17.8 Å². The minimum absolute atomic E-state index is 0.304. The molecular formula is C16H26N2O. The molecule has 0 amide bonds. The number of hydrogen-bond donors (Lipinski definition) is 1. The SMILES string of the molecule is CC1CCC(C(C)C)C(Oc2cccnc2CN)C1. The second-order valence-electron chi connectivity index (χ2n) is 6.13. The van der Waals surface area contributed by atoms with Crippen molar-refractivity contribution in [1.82, 2.24) is 4.98 Å². The number of hydrogen-bond acceptors (Lipinski definition) is 3. The van der Waals surface area contributed by atoms with Gasteiger partial charge in [-0.1, -0.05) is 27.2 Å². The summed E-state index contributed by atoms with van der Waals surface area (Å²) in [5.41, 5.74) is 6.60. The van der Waals surface area contributed by atoms with E-state index in [1.54, 1.807) is 6.20 Å². The van der Waals surface area contributed by atoms with Crippen LogP contribution in [0.25, 0.3) is 0 Å². The van der Waals surface area contributed by atoms with Gasteiger partial charge in [0.1, 0.15) is 11.9 Å². The topological polar surface area (TPSA) is 48.1 Å². The molecule has 0 spiro atoms. The Labute approximate surface area is 116 Å². The molecule has 3 atom stereocenters. The lowest BCUT2D eigenvalue weighted by Gasteiger charge is -2.37. The molecule has 0 bridgehead atoms. The standard InChI is InChI=1S/C16H26N2O/c1-11(2)13-7-6-12(3)9-16(13)19-15-5-4-8-18-14(15)10-17/h4-5,8,11-13,16H,6-7,9-10,17H2,1-3H3. The Morgan fingerprint density at radius 3 is 2.89 bits per heavy atom. The minimum Gasteiger partial charge on any atom is -0.488 e. The second-order valence-corrected chi connectivity index (χ2v) is 6.13. The lowest BCUT2D eigenvalue weighted by molar-refractivity contribution is 0.0450. The molecule has 2 N–H and O–H groups in total. The zero-order valence-corrected chi connectivity index (χ0v) is 12.3. The molecule has 19 heavy (non-hydrogen) atoms. The molecule has 3 unspecified atom stereocenters. The van der Waals surface area contributed by atoms with Gasteiger partial charge in [-0.3, -0.25) is 4.98 Å². The van der Waals surface area contributed by atoms with Crippen molar-refractivity contribution in [1.29, 1.82) is 0 Å². The minimum atomic E-state index is 0.304. The van der Waals surface area contributed by atoms with Gasteiger partial charge in [0.15, 0.2) is 0 Å². The molecule has 1 aromatic rings. The summed E-state index contributed by atoms with van der Waals surface area (Å²) in [6.45, 7) is 7.35. The van der Waals surface area contributed by atoms with E-state index in [1.807, 2.05) is 12.1 Å². The Morgan fingerprint density at radius 2 is 2.21 bits per heavy atom. The van der Waals surface area contributed by atoms with E-state index in [2.05, 4.69) is 25.8 Å².